The molecule has 2 aromatic heterocycles. The molecule has 2 N–H and O–H groups in total. The highest BCUT2D eigenvalue weighted by molar-refractivity contribution is 5.23. The number of hydrogen-bond donors (Lipinski definition) is 1. The maximum atomic E-state index is 5.84. The molecule has 0 spiro atoms. The molecule has 0 amide bonds. The molecule has 6 nitrogen and oxygen atoms in total. The van der Waals surface area contributed by atoms with Gasteiger partial charge in [-0.25, -0.2) is 14.6 Å². The molecule has 0 saturated heterocycles. The van der Waals surface area contributed by atoms with Gasteiger partial charge in [0.05, 0.1) is 30.3 Å². The molecule has 0 aliphatic carbocycles. The van der Waals surface area contributed by atoms with Crippen LogP contribution in [0.1, 0.15) is 25.1 Å². The standard InChI is InChI=1S/C9H12N6/c1-2-8(10)9-5-15(14-13-9)7-3-11-6-12-4-7/h3-6,8H,2,10H2,1H3. The van der Waals surface area contributed by atoms with Gasteiger partial charge in [0.15, 0.2) is 0 Å². The summed E-state index contributed by atoms with van der Waals surface area (Å²) in [4.78, 5) is 7.81. The molecule has 78 valence electrons. The summed E-state index contributed by atoms with van der Waals surface area (Å²) in [6.07, 6.45) is 7.45. The summed E-state index contributed by atoms with van der Waals surface area (Å²) in [6.45, 7) is 2.01. The van der Waals surface area contributed by atoms with E-state index in [1.165, 1.54) is 6.33 Å². The van der Waals surface area contributed by atoms with E-state index < -0.39 is 0 Å². The van der Waals surface area contributed by atoms with Crippen molar-refractivity contribution in [3.63, 3.8) is 0 Å². The third-order valence-corrected chi connectivity index (χ3v) is 2.14. The second kappa shape index (κ2) is 4.14. The SMILES string of the molecule is CCC(N)c1cn(-c2cncnc2)nn1. The van der Waals surface area contributed by atoms with Gasteiger partial charge >= 0.3 is 0 Å². The Balaban J connectivity index is 2.28. The van der Waals surface area contributed by atoms with E-state index in [1.54, 1.807) is 23.3 Å². The van der Waals surface area contributed by atoms with E-state index in [-0.39, 0.29) is 6.04 Å². The van der Waals surface area contributed by atoms with Crippen molar-refractivity contribution in [1.82, 2.24) is 25.0 Å². The van der Waals surface area contributed by atoms with Crippen molar-refractivity contribution < 1.29 is 0 Å². The third-order valence-electron chi connectivity index (χ3n) is 2.14. The number of nitrogens with two attached hydrogens (primary N) is 1. The van der Waals surface area contributed by atoms with Crippen LogP contribution in [0.5, 0.6) is 0 Å². The predicted octanol–water partition coefficient (Wildman–Crippen LogP) is 0.467. The second-order valence-electron chi connectivity index (χ2n) is 3.20. The maximum Gasteiger partial charge on any atom is 0.115 e. The predicted molar refractivity (Wildman–Crippen MR) is 54.2 cm³/mol. The van der Waals surface area contributed by atoms with E-state index in [1.807, 2.05) is 6.92 Å². The van der Waals surface area contributed by atoms with Crippen molar-refractivity contribution in [3.05, 3.63) is 30.6 Å². The van der Waals surface area contributed by atoms with Crippen LogP contribution in [0.15, 0.2) is 24.9 Å². The Labute approximate surface area is 87.2 Å². The number of hydrogen-bond acceptors (Lipinski definition) is 5. The molecule has 0 saturated carbocycles. The first-order valence-electron chi connectivity index (χ1n) is 4.74. The fourth-order valence-electron chi connectivity index (χ4n) is 1.19. The molecule has 1 unspecified atom stereocenters. The summed E-state index contributed by atoms with van der Waals surface area (Å²) in [6, 6.07) is -0.0663. The van der Waals surface area contributed by atoms with Crippen molar-refractivity contribution in [3.8, 4) is 5.69 Å². The first-order chi connectivity index (χ1) is 7.31. The summed E-state index contributed by atoms with van der Waals surface area (Å²) in [5, 5.41) is 7.96. The minimum atomic E-state index is -0.0663. The molecule has 15 heavy (non-hydrogen) atoms. The molecule has 0 aliphatic heterocycles. The van der Waals surface area contributed by atoms with Gasteiger partial charge in [-0.15, -0.1) is 5.10 Å². The van der Waals surface area contributed by atoms with Crippen molar-refractivity contribution in [1.29, 1.82) is 0 Å². The van der Waals surface area contributed by atoms with Gasteiger partial charge in [-0.05, 0) is 6.42 Å². The van der Waals surface area contributed by atoms with E-state index in [9.17, 15) is 0 Å². The lowest BCUT2D eigenvalue weighted by atomic mass is 10.2. The van der Waals surface area contributed by atoms with Crippen LogP contribution in [-0.4, -0.2) is 25.0 Å². The van der Waals surface area contributed by atoms with Gasteiger partial charge in [0, 0.05) is 0 Å². The number of nitrogens with zero attached hydrogens (tertiary/aromatic N) is 5. The van der Waals surface area contributed by atoms with Gasteiger partial charge in [0.2, 0.25) is 0 Å². The minimum Gasteiger partial charge on any atom is -0.323 e. The zero-order valence-corrected chi connectivity index (χ0v) is 8.41. The summed E-state index contributed by atoms with van der Waals surface area (Å²) in [5.74, 6) is 0. The zero-order valence-electron chi connectivity index (χ0n) is 8.41. The Kier molecular flexibility index (Phi) is 2.68. The van der Waals surface area contributed by atoms with Crippen molar-refractivity contribution in [2.45, 2.75) is 19.4 Å². The highest BCUT2D eigenvalue weighted by Gasteiger charge is 2.08. The molecular weight excluding hydrogens is 192 g/mol. The topological polar surface area (TPSA) is 82.5 Å². The van der Waals surface area contributed by atoms with Crippen LogP contribution in [0.4, 0.5) is 0 Å². The normalized spacial score (nSPS) is 12.7. The lowest BCUT2D eigenvalue weighted by molar-refractivity contribution is 0.670. The fourth-order valence-corrected chi connectivity index (χ4v) is 1.19. The molecule has 0 aromatic carbocycles. The van der Waals surface area contributed by atoms with E-state index >= 15 is 0 Å². The Morgan fingerprint density at radius 1 is 1.40 bits per heavy atom. The van der Waals surface area contributed by atoms with Gasteiger partial charge in [0.1, 0.15) is 12.0 Å². The second-order valence-corrected chi connectivity index (χ2v) is 3.20. The molecule has 1 atom stereocenters. The monoisotopic (exact) mass is 204 g/mol. The van der Waals surface area contributed by atoms with E-state index in [0.717, 1.165) is 17.8 Å². The maximum absolute atomic E-state index is 5.84. The Hall–Kier alpha value is -1.82. The highest BCUT2D eigenvalue weighted by atomic mass is 15.4. The molecule has 6 heteroatoms. The zero-order chi connectivity index (χ0) is 10.7. The Morgan fingerprint density at radius 3 is 2.80 bits per heavy atom. The average molecular weight is 204 g/mol. The van der Waals surface area contributed by atoms with E-state index in [4.69, 9.17) is 5.73 Å². The number of aromatic nitrogens is 5. The van der Waals surface area contributed by atoms with Crippen LogP contribution in [0.3, 0.4) is 0 Å². The first-order valence-corrected chi connectivity index (χ1v) is 4.74. The molecule has 0 fully saturated rings. The van der Waals surface area contributed by atoms with Gasteiger partial charge in [-0.3, -0.25) is 0 Å². The first kappa shape index (κ1) is 9.72. The molecule has 2 rings (SSSR count). The van der Waals surface area contributed by atoms with Crippen molar-refractivity contribution in [2.75, 3.05) is 0 Å². The quantitative estimate of drug-likeness (QED) is 0.785. The van der Waals surface area contributed by atoms with E-state index in [0.29, 0.717) is 0 Å². The van der Waals surface area contributed by atoms with Crippen molar-refractivity contribution >= 4 is 0 Å². The van der Waals surface area contributed by atoms with Crippen LogP contribution in [0.25, 0.3) is 5.69 Å². The van der Waals surface area contributed by atoms with E-state index in [2.05, 4.69) is 20.3 Å². The lowest BCUT2D eigenvalue weighted by Crippen LogP contribution is -2.08. The largest absolute Gasteiger partial charge is 0.323 e. The molecule has 0 aliphatic rings. The van der Waals surface area contributed by atoms with Crippen LogP contribution in [0.2, 0.25) is 0 Å². The van der Waals surface area contributed by atoms with Crippen LogP contribution < -0.4 is 5.73 Å². The molecule has 0 bridgehead atoms. The summed E-state index contributed by atoms with van der Waals surface area (Å²) in [5.41, 5.74) is 7.39. The lowest BCUT2D eigenvalue weighted by Gasteiger charge is -2.01. The average Bonchev–Trinajstić information content (AvgIpc) is 2.78. The highest BCUT2D eigenvalue weighted by Crippen LogP contribution is 2.11. The van der Waals surface area contributed by atoms with Gasteiger partial charge < -0.3 is 5.73 Å². The fraction of sp³-hybridized carbons (Fsp3) is 0.333. The van der Waals surface area contributed by atoms with Crippen LogP contribution in [0, 0.1) is 0 Å². The Morgan fingerprint density at radius 2 is 2.13 bits per heavy atom. The third kappa shape index (κ3) is 1.99. The molecule has 2 heterocycles. The Bertz CT molecular complexity index is 423. The van der Waals surface area contributed by atoms with Crippen LogP contribution >= 0.6 is 0 Å². The molecular formula is C9H12N6. The smallest absolute Gasteiger partial charge is 0.115 e. The number of rotatable bonds is 3. The minimum absolute atomic E-state index is 0.0663. The summed E-state index contributed by atoms with van der Waals surface area (Å²) >= 11 is 0. The van der Waals surface area contributed by atoms with Gasteiger partial charge in [-0.1, -0.05) is 12.1 Å². The van der Waals surface area contributed by atoms with Crippen LogP contribution in [-0.2, 0) is 0 Å². The summed E-state index contributed by atoms with van der Waals surface area (Å²) < 4.78 is 1.62. The summed E-state index contributed by atoms with van der Waals surface area (Å²) in [7, 11) is 0. The molecule has 2 aromatic rings. The van der Waals surface area contributed by atoms with Crippen molar-refractivity contribution in [2.24, 2.45) is 5.73 Å². The molecule has 0 radical (unpaired) electrons. The van der Waals surface area contributed by atoms with Gasteiger partial charge in [0.25, 0.3) is 0 Å². The van der Waals surface area contributed by atoms with Gasteiger partial charge in [-0.2, -0.15) is 0 Å².